The molecule has 0 aromatic heterocycles. The molecule has 0 saturated heterocycles. The van der Waals surface area contributed by atoms with E-state index in [1.54, 1.807) is 19.1 Å². The molecule has 1 aliphatic rings. The molecule has 0 radical (unpaired) electrons. The van der Waals surface area contributed by atoms with Gasteiger partial charge in [0.15, 0.2) is 0 Å². The number of nitrogens with zero attached hydrogens (tertiary/aromatic N) is 1. The van der Waals surface area contributed by atoms with Crippen molar-refractivity contribution < 1.29 is 13.2 Å². The molecule has 0 fully saturated rings. The standard InChI is InChI=1S/C18H21N3O3S/c1-12-7-8-15(9-16(12)18(19)22)25(23,24)21-11-13(2)20-10-14-5-3-4-6-17(14)21/h3-9,13,20H,10-11H2,1-2H3,(H2,19,22). The molecule has 1 amide bonds. The van der Waals surface area contributed by atoms with E-state index >= 15 is 0 Å². The molecule has 0 bridgehead atoms. The first-order valence-corrected chi connectivity index (χ1v) is 9.49. The van der Waals surface area contributed by atoms with Crippen molar-refractivity contribution >= 4 is 21.6 Å². The lowest BCUT2D eigenvalue weighted by Gasteiger charge is -2.26. The summed E-state index contributed by atoms with van der Waals surface area (Å²) < 4.78 is 28.0. The summed E-state index contributed by atoms with van der Waals surface area (Å²) in [5.41, 5.74) is 7.81. The summed E-state index contributed by atoms with van der Waals surface area (Å²) in [5, 5.41) is 3.31. The van der Waals surface area contributed by atoms with Crippen LogP contribution in [0.3, 0.4) is 0 Å². The maximum atomic E-state index is 13.3. The fraction of sp³-hybridized carbons (Fsp3) is 0.278. The third-order valence-electron chi connectivity index (χ3n) is 4.40. The first-order valence-electron chi connectivity index (χ1n) is 8.05. The van der Waals surface area contributed by atoms with Gasteiger partial charge in [0, 0.05) is 24.7 Å². The first-order chi connectivity index (χ1) is 11.8. The summed E-state index contributed by atoms with van der Waals surface area (Å²) >= 11 is 0. The van der Waals surface area contributed by atoms with E-state index in [1.165, 1.54) is 16.4 Å². The van der Waals surface area contributed by atoms with Crippen LogP contribution in [0.1, 0.15) is 28.4 Å². The second-order valence-electron chi connectivity index (χ2n) is 6.29. The fourth-order valence-corrected chi connectivity index (χ4v) is 4.60. The third-order valence-corrected chi connectivity index (χ3v) is 6.18. The molecule has 1 unspecified atom stereocenters. The van der Waals surface area contributed by atoms with Crippen LogP contribution in [0.15, 0.2) is 47.4 Å². The van der Waals surface area contributed by atoms with E-state index in [9.17, 15) is 13.2 Å². The van der Waals surface area contributed by atoms with Crippen LogP contribution in [-0.2, 0) is 16.6 Å². The van der Waals surface area contributed by atoms with Crippen LogP contribution in [-0.4, -0.2) is 26.9 Å². The average Bonchev–Trinajstić information content (AvgIpc) is 2.75. The first kappa shape index (κ1) is 17.4. The van der Waals surface area contributed by atoms with Crippen LogP contribution >= 0.6 is 0 Å². The van der Waals surface area contributed by atoms with Gasteiger partial charge in [-0.25, -0.2) is 8.42 Å². The highest BCUT2D eigenvalue weighted by molar-refractivity contribution is 7.92. The lowest BCUT2D eigenvalue weighted by molar-refractivity contribution is 0.0999. The average molecular weight is 359 g/mol. The molecule has 1 aliphatic heterocycles. The van der Waals surface area contributed by atoms with Crippen LogP contribution < -0.4 is 15.4 Å². The number of hydrogen-bond donors (Lipinski definition) is 2. The number of hydrogen-bond acceptors (Lipinski definition) is 4. The number of fused-ring (bicyclic) bond motifs is 1. The molecule has 2 aromatic rings. The van der Waals surface area contributed by atoms with Gasteiger partial charge >= 0.3 is 0 Å². The number of anilines is 1. The minimum absolute atomic E-state index is 0.0109. The number of rotatable bonds is 3. The van der Waals surface area contributed by atoms with E-state index in [1.807, 2.05) is 25.1 Å². The number of para-hydroxylation sites is 1. The number of benzene rings is 2. The molecule has 132 valence electrons. The highest BCUT2D eigenvalue weighted by Gasteiger charge is 2.30. The molecule has 1 heterocycles. The molecule has 0 aliphatic carbocycles. The van der Waals surface area contributed by atoms with Crippen molar-refractivity contribution in [1.29, 1.82) is 0 Å². The maximum absolute atomic E-state index is 13.3. The minimum atomic E-state index is -3.82. The Hall–Kier alpha value is -2.38. The minimum Gasteiger partial charge on any atom is -0.366 e. The van der Waals surface area contributed by atoms with Crippen molar-refractivity contribution in [2.45, 2.75) is 31.3 Å². The Kier molecular flexibility index (Phi) is 4.53. The number of nitrogens with one attached hydrogen (secondary N) is 1. The zero-order chi connectivity index (χ0) is 18.2. The molecule has 2 aromatic carbocycles. The third kappa shape index (κ3) is 3.25. The second-order valence-corrected chi connectivity index (χ2v) is 8.15. The second kappa shape index (κ2) is 6.50. The summed E-state index contributed by atoms with van der Waals surface area (Å²) in [5.74, 6) is -0.638. The van der Waals surface area contributed by atoms with E-state index in [2.05, 4.69) is 5.32 Å². The molecular weight excluding hydrogens is 338 g/mol. The number of amides is 1. The molecule has 1 atom stereocenters. The van der Waals surface area contributed by atoms with Gasteiger partial charge in [-0.05, 0) is 43.2 Å². The SMILES string of the molecule is Cc1ccc(S(=O)(=O)N2CC(C)NCc3ccccc32)cc1C(N)=O. The van der Waals surface area contributed by atoms with Gasteiger partial charge < -0.3 is 11.1 Å². The van der Waals surface area contributed by atoms with Crippen LogP contribution in [0.4, 0.5) is 5.69 Å². The number of aryl methyl sites for hydroxylation is 1. The lowest BCUT2D eigenvalue weighted by atomic mass is 10.1. The Labute approximate surface area is 147 Å². The highest BCUT2D eigenvalue weighted by atomic mass is 32.2. The molecule has 6 nitrogen and oxygen atoms in total. The molecule has 3 rings (SSSR count). The van der Waals surface area contributed by atoms with Gasteiger partial charge in [-0.2, -0.15) is 0 Å². The molecule has 0 saturated carbocycles. The zero-order valence-electron chi connectivity index (χ0n) is 14.2. The van der Waals surface area contributed by atoms with Crippen LogP contribution in [0, 0.1) is 6.92 Å². The van der Waals surface area contributed by atoms with E-state index < -0.39 is 15.9 Å². The van der Waals surface area contributed by atoms with Crippen molar-refractivity contribution in [3.63, 3.8) is 0 Å². The van der Waals surface area contributed by atoms with E-state index in [0.717, 1.165) is 5.56 Å². The molecule has 7 heteroatoms. The van der Waals surface area contributed by atoms with Crippen molar-refractivity contribution in [2.75, 3.05) is 10.8 Å². The Morgan fingerprint density at radius 1 is 1.24 bits per heavy atom. The number of carbonyl (C=O) groups excluding carboxylic acids is 1. The van der Waals surface area contributed by atoms with Crippen molar-refractivity contribution in [2.24, 2.45) is 5.73 Å². The zero-order valence-corrected chi connectivity index (χ0v) is 15.0. The Morgan fingerprint density at radius 2 is 1.96 bits per heavy atom. The van der Waals surface area contributed by atoms with E-state index in [4.69, 9.17) is 5.73 Å². The quantitative estimate of drug-likeness (QED) is 0.874. The monoisotopic (exact) mass is 359 g/mol. The number of sulfonamides is 1. The molecule has 25 heavy (non-hydrogen) atoms. The van der Waals surface area contributed by atoms with Gasteiger partial charge in [-0.3, -0.25) is 9.10 Å². The fourth-order valence-electron chi connectivity index (χ4n) is 2.98. The largest absolute Gasteiger partial charge is 0.366 e. The normalized spacial score (nSPS) is 17.7. The van der Waals surface area contributed by atoms with Gasteiger partial charge in [0.2, 0.25) is 5.91 Å². The van der Waals surface area contributed by atoms with E-state index in [0.29, 0.717) is 24.3 Å². The summed E-state index contributed by atoms with van der Waals surface area (Å²) in [6.07, 6.45) is 0. The summed E-state index contributed by atoms with van der Waals surface area (Å²) in [6, 6.07) is 11.9. The van der Waals surface area contributed by atoms with Gasteiger partial charge in [0.1, 0.15) is 0 Å². The molecular formula is C18H21N3O3S. The lowest BCUT2D eigenvalue weighted by Crippen LogP contribution is -2.39. The predicted molar refractivity (Wildman–Crippen MR) is 97.0 cm³/mol. The molecule has 3 N–H and O–H groups in total. The van der Waals surface area contributed by atoms with Gasteiger partial charge in [0.05, 0.1) is 10.6 Å². The summed E-state index contributed by atoms with van der Waals surface area (Å²) in [7, 11) is -3.82. The Bertz CT molecular complexity index is 925. The Morgan fingerprint density at radius 3 is 2.68 bits per heavy atom. The van der Waals surface area contributed by atoms with E-state index in [-0.39, 0.29) is 16.5 Å². The maximum Gasteiger partial charge on any atom is 0.264 e. The number of primary amides is 1. The highest BCUT2D eigenvalue weighted by Crippen LogP contribution is 2.30. The van der Waals surface area contributed by atoms with Crippen molar-refractivity contribution in [3.8, 4) is 0 Å². The molecule has 0 spiro atoms. The van der Waals surface area contributed by atoms with Crippen LogP contribution in [0.5, 0.6) is 0 Å². The number of nitrogens with two attached hydrogens (primary N) is 1. The van der Waals surface area contributed by atoms with Gasteiger partial charge in [-0.15, -0.1) is 0 Å². The van der Waals surface area contributed by atoms with Gasteiger partial charge in [-0.1, -0.05) is 24.3 Å². The van der Waals surface area contributed by atoms with Crippen LogP contribution in [0.2, 0.25) is 0 Å². The van der Waals surface area contributed by atoms with Gasteiger partial charge in [0.25, 0.3) is 10.0 Å². The summed E-state index contributed by atoms with van der Waals surface area (Å²) in [6.45, 7) is 4.57. The Balaban J connectivity index is 2.14. The van der Waals surface area contributed by atoms with Crippen molar-refractivity contribution in [1.82, 2.24) is 5.32 Å². The topological polar surface area (TPSA) is 92.5 Å². The predicted octanol–water partition coefficient (Wildman–Crippen LogP) is 1.78. The number of carbonyl (C=O) groups is 1. The summed E-state index contributed by atoms with van der Waals surface area (Å²) in [4.78, 5) is 11.7. The van der Waals surface area contributed by atoms with Crippen molar-refractivity contribution in [3.05, 3.63) is 59.2 Å². The van der Waals surface area contributed by atoms with Crippen LogP contribution in [0.25, 0.3) is 0 Å². The smallest absolute Gasteiger partial charge is 0.264 e.